The molecule has 1 aliphatic heterocycles. The van der Waals surface area contributed by atoms with Crippen molar-refractivity contribution in [2.45, 2.75) is 6.92 Å². The average Bonchev–Trinajstić information content (AvgIpc) is 2.78. The zero-order valence-corrected chi connectivity index (χ0v) is 17.8. The topological polar surface area (TPSA) is 102 Å². The van der Waals surface area contributed by atoms with E-state index in [1.807, 2.05) is 6.92 Å². The molecular weight excluding hydrogens is 420 g/mol. The number of hydrogen-bond acceptors (Lipinski definition) is 7. The number of carbonyl (C=O) groups excluding carboxylic acids is 2. The number of rotatable bonds is 6. The Morgan fingerprint density at radius 2 is 1.58 bits per heavy atom. The van der Waals surface area contributed by atoms with Gasteiger partial charge in [-0.2, -0.15) is 0 Å². The summed E-state index contributed by atoms with van der Waals surface area (Å²) in [6.45, 7) is 3.65. The van der Waals surface area contributed by atoms with Gasteiger partial charge < -0.3 is 14.4 Å². The van der Waals surface area contributed by atoms with E-state index in [2.05, 4.69) is 4.72 Å². The van der Waals surface area contributed by atoms with Gasteiger partial charge in [-0.3, -0.25) is 14.3 Å². The van der Waals surface area contributed by atoms with Crippen molar-refractivity contribution < 1.29 is 27.5 Å². The molecule has 0 radical (unpaired) electrons. The standard InChI is InChI=1S/C22H22N2O6S/c1-2-30-16-9-7-15(8-10-16)23-31(27,28)22-19(24-11-13-29-14-12-24)20(25)17-5-3-4-6-18(17)21(22)26/h3-10,23H,2,11-14H2,1H3. The van der Waals surface area contributed by atoms with Gasteiger partial charge in [0.05, 0.1) is 19.8 Å². The van der Waals surface area contributed by atoms with E-state index in [-0.39, 0.29) is 22.5 Å². The molecule has 1 N–H and O–H groups in total. The van der Waals surface area contributed by atoms with Crippen LogP contribution in [0, 0.1) is 0 Å². The second kappa shape index (κ2) is 8.52. The Bertz CT molecular complexity index is 1150. The predicted octanol–water partition coefficient (Wildman–Crippen LogP) is 2.45. The number of benzene rings is 2. The van der Waals surface area contributed by atoms with Crippen LogP contribution in [0.15, 0.2) is 59.1 Å². The highest BCUT2D eigenvalue weighted by Crippen LogP contribution is 2.32. The number of fused-ring (bicyclic) bond motifs is 1. The third-order valence-corrected chi connectivity index (χ3v) is 6.49. The zero-order valence-electron chi connectivity index (χ0n) is 17.0. The van der Waals surface area contributed by atoms with E-state index in [0.29, 0.717) is 38.7 Å². The molecule has 0 bridgehead atoms. The van der Waals surface area contributed by atoms with Crippen molar-refractivity contribution in [3.8, 4) is 5.75 Å². The Hall–Kier alpha value is -3.17. The van der Waals surface area contributed by atoms with E-state index < -0.39 is 26.5 Å². The highest BCUT2D eigenvalue weighted by Gasteiger charge is 2.41. The van der Waals surface area contributed by atoms with Crippen LogP contribution in [0.1, 0.15) is 27.6 Å². The summed E-state index contributed by atoms with van der Waals surface area (Å²) in [5, 5.41) is 0. The molecule has 1 aliphatic carbocycles. The van der Waals surface area contributed by atoms with Crippen LogP contribution in [0.2, 0.25) is 0 Å². The molecule has 1 fully saturated rings. The molecule has 0 atom stereocenters. The summed E-state index contributed by atoms with van der Waals surface area (Å²) in [5.41, 5.74) is 0.437. The first-order valence-corrected chi connectivity index (χ1v) is 11.4. The van der Waals surface area contributed by atoms with Crippen molar-refractivity contribution in [2.24, 2.45) is 0 Å². The van der Waals surface area contributed by atoms with Crippen LogP contribution in [-0.4, -0.2) is 57.8 Å². The molecule has 0 unspecified atom stereocenters. The smallest absolute Gasteiger partial charge is 0.268 e. The van der Waals surface area contributed by atoms with Gasteiger partial charge >= 0.3 is 0 Å². The van der Waals surface area contributed by atoms with Crippen LogP contribution < -0.4 is 9.46 Å². The molecule has 2 aromatic rings. The summed E-state index contributed by atoms with van der Waals surface area (Å²) >= 11 is 0. The number of ether oxygens (including phenoxy) is 2. The number of sulfonamides is 1. The van der Waals surface area contributed by atoms with Crippen LogP contribution in [-0.2, 0) is 14.8 Å². The lowest BCUT2D eigenvalue weighted by atomic mass is 9.91. The molecule has 0 amide bonds. The normalized spacial score (nSPS) is 16.9. The van der Waals surface area contributed by atoms with E-state index in [1.165, 1.54) is 6.07 Å². The monoisotopic (exact) mass is 442 g/mol. The van der Waals surface area contributed by atoms with Crippen LogP contribution in [0.25, 0.3) is 0 Å². The maximum Gasteiger partial charge on any atom is 0.268 e. The lowest BCUT2D eigenvalue weighted by Gasteiger charge is -2.33. The quantitative estimate of drug-likeness (QED) is 0.733. The molecule has 8 nitrogen and oxygen atoms in total. The zero-order chi connectivity index (χ0) is 22.0. The van der Waals surface area contributed by atoms with E-state index >= 15 is 0 Å². The maximum atomic E-state index is 13.4. The van der Waals surface area contributed by atoms with Gasteiger partial charge in [0.15, 0.2) is 4.91 Å². The molecule has 4 rings (SSSR count). The molecular formula is C22H22N2O6S. The Kier molecular flexibility index (Phi) is 5.79. The number of allylic oxidation sites excluding steroid dienone is 2. The third kappa shape index (κ3) is 4.06. The number of carbonyl (C=O) groups is 2. The minimum absolute atomic E-state index is 0.0802. The number of Topliss-reactive ketones (excluding diaryl/α,β-unsaturated/α-hetero) is 2. The Morgan fingerprint density at radius 3 is 2.19 bits per heavy atom. The van der Waals surface area contributed by atoms with Gasteiger partial charge in [0.2, 0.25) is 11.6 Å². The Labute approximate surface area is 180 Å². The summed E-state index contributed by atoms with van der Waals surface area (Å²) in [4.78, 5) is 27.7. The van der Waals surface area contributed by atoms with Gasteiger partial charge in [-0.25, -0.2) is 8.42 Å². The lowest BCUT2D eigenvalue weighted by molar-refractivity contribution is 0.0499. The number of nitrogens with zero attached hydrogens (tertiary/aromatic N) is 1. The molecule has 162 valence electrons. The Morgan fingerprint density at radius 1 is 0.968 bits per heavy atom. The van der Waals surface area contributed by atoms with Gasteiger partial charge in [-0.15, -0.1) is 0 Å². The van der Waals surface area contributed by atoms with E-state index in [9.17, 15) is 18.0 Å². The number of morpholine rings is 1. The highest BCUT2D eigenvalue weighted by molar-refractivity contribution is 7.97. The van der Waals surface area contributed by atoms with E-state index in [0.717, 1.165) is 0 Å². The molecule has 0 spiro atoms. The fraction of sp³-hybridized carbons (Fsp3) is 0.273. The average molecular weight is 442 g/mol. The SMILES string of the molecule is CCOc1ccc(NS(=O)(=O)C2=C(N3CCOCC3)C(=O)c3ccccc3C2=O)cc1. The first kappa shape index (κ1) is 21.1. The highest BCUT2D eigenvalue weighted by atomic mass is 32.2. The molecule has 0 saturated carbocycles. The second-order valence-electron chi connectivity index (χ2n) is 7.04. The van der Waals surface area contributed by atoms with E-state index in [1.54, 1.807) is 47.4 Å². The fourth-order valence-corrected chi connectivity index (χ4v) is 5.03. The number of anilines is 1. The van der Waals surface area contributed by atoms with Gasteiger partial charge in [-0.1, -0.05) is 24.3 Å². The molecule has 31 heavy (non-hydrogen) atoms. The first-order valence-electron chi connectivity index (χ1n) is 9.93. The largest absolute Gasteiger partial charge is 0.494 e. The maximum absolute atomic E-state index is 13.4. The number of nitrogens with one attached hydrogen (secondary N) is 1. The van der Waals surface area contributed by atoms with Gasteiger partial charge in [-0.05, 0) is 31.2 Å². The fourth-order valence-electron chi connectivity index (χ4n) is 3.66. The third-order valence-electron chi connectivity index (χ3n) is 5.07. The van der Waals surface area contributed by atoms with Gasteiger partial charge in [0, 0.05) is 29.9 Å². The molecule has 9 heteroatoms. The second-order valence-corrected chi connectivity index (χ2v) is 8.66. The van der Waals surface area contributed by atoms with Crippen molar-refractivity contribution >= 4 is 27.3 Å². The van der Waals surface area contributed by atoms with Crippen molar-refractivity contribution in [2.75, 3.05) is 37.6 Å². The summed E-state index contributed by atoms with van der Waals surface area (Å²) in [7, 11) is -4.35. The van der Waals surface area contributed by atoms with Crippen LogP contribution in [0.5, 0.6) is 5.75 Å². The van der Waals surface area contributed by atoms with Crippen molar-refractivity contribution in [3.05, 3.63) is 70.3 Å². The summed E-state index contributed by atoms with van der Waals surface area (Å²) in [5.74, 6) is -0.587. The molecule has 0 aromatic heterocycles. The van der Waals surface area contributed by atoms with Gasteiger partial charge in [0.25, 0.3) is 10.0 Å². The van der Waals surface area contributed by atoms with Gasteiger partial charge in [0.1, 0.15) is 11.4 Å². The molecule has 1 heterocycles. The summed E-state index contributed by atoms with van der Waals surface area (Å²) < 4.78 is 39.8. The van der Waals surface area contributed by atoms with Crippen molar-refractivity contribution in [1.82, 2.24) is 4.90 Å². The summed E-state index contributed by atoms with van der Waals surface area (Å²) in [6, 6.07) is 12.6. The minimum atomic E-state index is -4.35. The number of ketones is 2. The molecule has 2 aliphatic rings. The van der Waals surface area contributed by atoms with Crippen molar-refractivity contribution in [1.29, 1.82) is 0 Å². The molecule has 1 saturated heterocycles. The number of hydrogen-bond donors (Lipinski definition) is 1. The van der Waals surface area contributed by atoms with Crippen LogP contribution in [0.4, 0.5) is 5.69 Å². The molecule has 2 aromatic carbocycles. The van der Waals surface area contributed by atoms with Crippen LogP contribution >= 0.6 is 0 Å². The van der Waals surface area contributed by atoms with Crippen molar-refractivity contribution in [3.63, 3.8) is 0 Å². The minimum Gasteiger partial charge on any atom is -0.494 e. The van der Waals surface area contributed by atoms with Crippen LogP contribution in [0.3, 0.4) is 0 Å². The summed E-state index contributed by atoms with van der Waals surface area (Å²) in [6.07, 6.45) is 0. The lowest BCUT2D eigenvalue weighted by Crippen LogP contribution is -2.43. The Balaban J connectivity index is 1.78. The first-order chi connectivity index (χ1) is 14.9. The predicted molar refractivity (Wildman–Crippen MR) is 115 cm³/mol. The van der Waals surface area contributed by atoms with E-state index in [4.69, 9.17) is 9.47 Å².